The zero-order chi connectivity index (χ0) is 19.9. The molecule has 0 aliphatic carbocycles. The lowest BCUT2D eigenvalue weighted by Crippen LogP contribution is -2.47. The summed E-state index contributed by atoms with van der Waals surface area (Å²) < 4.78 is 13.7. The van der Waals surface area contributed by atoms with E-state index in [-0.39, 0.29) is 23.4 Å². The second-order valence-electron chi connectivity index (χ2n) is 7.21. The molecule has 6 heteroatoms. The molecule has 3 rings (SSSR count). The van der Waals surface area contributed by atoms with Crippen molar-refractivity contribution < 1.29 is 14.0 Å². The summed E-state index contributed by atoms with van der Waals surface area (Å²) in [6, 6.07) is 14.0. The van der Waals surface area contributed by atoms with Crippen LogP contribution in [-0.4, -0.2) is 42.4 Å². The number of carbonyl (C=O) groups is 2. The summed E-state index contributed by atoms with van der Waals surface area (Å²) in [5, 5.41) is 5.86. The van der Waals surface area contributed by atoms with Crippen LogP contribution >= 0.6 is 0 Å². The van der Waals surface area contributed by atoms with Gasteiger partial charge in [-0.25, -0.2) is 4.39 Å². The first-order valence-corrected chi connectivity index (χ1v) is 9.62. The van der Waals surface area contributed by atoms with Crippen molar-refractivity contribution >= 4 is 11.8 Å². The van der Waals surface area contributed by atoms with E-state index < -0.39 is 5.82 Å². The Balaban J connectivity index is 1.40. The number of aryl methyl sites for hydroxylation is 1. The van der Waals surface area contributed by atoms with Crippen molar-refractivity contribution in [1.29, 1.82) is 0 Å². The number of hydrogen-bond acceptors (Lipinski definition) is 3. The van der Waals surface area contributed by atoms with Gasteiger partial charge >= 0.3 is 0 Å². The normalized spacial score (nSPS) is 15.2. The van der Waals surface area contributed by atoms with Crippen LogP contribution < -0.4 is 10.6 Å². The number of rotatable bonds is 6. The fourth-order valence-corrected chi connectivity index (χ4v) is 3.41. The molecule has 0 unspecified atom stereocenters. The van der Waals surface area contributed by atoms with E-state index >= 15 is 0 Å². The molecule has 28 heavy (non-hydrogen) atoms. The number of nitrogens with one attached hydrogen (secondary N) is 2. The average molecular weight is 383 g/mol. The minimum atomic E-state index is -0.511. The van der Waals surface area contributed by atoms with Gasteiger partial charge in [0.15, 0.2) is 0 Å². The minimum absolute atomic E-state index is 0.00149. The maximum atomic E-state index is 13.7. The predicted octanol–water partition coefficient (Wildman–Crippen LogP) is 2.64. The minimum Gasteiger partial charge on any atom is -0.351 e. The van der Waals surface area contributed by atoms with Gasteiger partial charge in [0.2, 0.25) is 5.91 Å². The summed E-state index contributed by atoms with van der Waals surface area (Å²) in [5.41, 5.74) is 2.35. The third-order valence-electron chi connectivity index (χ3n) is 5.15. The number of amides is 2. The summed E-state index contributed by atoms with van der Waals surface area (Å²) in [5.74, 6) is -0.896. The molecule has 2 amide bonds. The number of nitrogens with zero attached hydrogens (tertiary/aromatic N) is 1. The van der Waals surface area contributed by atoms with Gasteiger partial charge in [-0.2, -0.15) is 0 Å². The number of benzene rings is 2. The van der Waals surface area contributed by atoms with E-state index in [9.17, 15) is 14.0 Å². The Labute approximate surface area is 164 Å². The molecule has 2 N–H and O–H groups in total. The van der Waals surface area contributed by atoms with Crippen LogP contribution in [0.25, 0.3) is 0 Å². The SMILES string of the molecule is Cc1ccccc1CNC(=O)CN1CCC(NC(=O)c2ccccc2F)CC1. The van der Waals surface area contributed by atoms with Gasteiger partial charge in [-0.15, -0.1) is 0 Å². The second-order valence-corrected chi connectivity index (χ2v) is 7.21. The van der Waals surface area contributed by atoms with Crippen LogP contribution in [0.3, 0.4) is 0 Å². The third kappa shape index (κ3) is 5.39. The molecule has 1 aliphatic heterocycles. The zero-order valence-electron chi connectivity index (χ0n) is 16.1. The van der Waals surface area contributed by atoms with Crippen molar-refractivity contribution in [2.24, 2.45) is 0 Å². The van der Waals surface area contributed by atoms with Crippen LogP contribution in [0.5, 0.6) is 0 Å². The highest BCUT2D eigenvalue weighted by Gasteiger charge is 2.23. The van der Waals surface area contributed by atoms with Crippen molar-refractivity contribution in [3.63, 3.8) is 0 Å². The maximum Gasteiger partial charge on any atom is 0.254 e. The highest BCUT2D eigenvalue weighted by Crippen LogP contribution is 2.13. The quantitative estimate of drug-likeness (QED) is 0.806. The Morgan fingerprint density at radius 1 is 1.07 bits per heavy atom. The first-order valence-electron chi connectivity index (χ1n) is 9.62. The molecule has 1 aliphatic rings. The van der Waals surface area contributed by atoms with E-state index in [1.807, 2.05) is 31.2 Å². The van der Waals surface area contributed by atoms with Crippen molar-refractivity contribution in [2.75, 3.05) is 19.6 Å². The van der Waals surface area contributed by atoms with Gasteiger partial charge in [-0.3, -0.25) is 14.5 Å². The fraction of sp³-hybridized carbons (Fsp3) is 0.364. The maximum absolute atomic E-state index is 13.7. The molecule has 148 valence electrons. The van der Waals surface area contributed by atoms with E-state index in [2.05, 4.69) is 15.5 Å². The highest BCUT2D eigenvalue weighted by atomic mass is 19.1. The molecule has 2 aromatic carbocycles. The van der Waals surface area contributed by atoms with Gasteiger partial charge in [0, 0.05) is 25.7 Å². The van der Waals surface area contributed by atoms with Crippen molar-refractivity contribution in [3.8, 4) is 0 Å². The topological polar surface area (TPSA) is 61.4 Å². The molecular weight excluding hydrogens is 357 g/mol. The molecular formula is C22H26FN3O2. The monoisotopic (exact) mass is 383 g/mol. The predicted molar refractivity (Wildman–Crippen MR) is 106 cm³/mol. The Hall–Kier alpha value is -2.73. The van der Waals surface area contributed by atoms with Crippen LogP contribution in [0.1, 0.15) is 34.3 Å². The Morgan fingerprint density at radius 3 is 2.46 bits per heavy atom. The molecule has 0 bridgehead atoms. The largest absolute Gasteiger partial charge is 0.351 e. The summed E-state index contributed by atoms with van der Waals surface area (Å²) in [7, 11) is 0. The molecule has 1 heterocycles. The van der Waals surface area contributed by atoms with Crippen LogP contribution in [0, 0.1) is 12.7 Å². The molecule has 0 atom stereocenters. The summed E-state index contributed by atoms with van der Waals surface area (Å²) in [6.45, 7) is 4.35. The molecule has 2 aromatic rings. The lowest BCUT2D eigenvalue weighted by molar-refractivity contribution is -0.122. The van der Waals surface area contributed by atoms with Crippen molar-refractivity contribution in [1.82, 2.24) is 15.5 Å². The van der Waals surface area contributed by atoms with E-state index in [0.717, 1.165) is 37.1 Å². The average Bonchev–Trinajstić information content (AvgIpc) is 2.69. The highest BCUT2D eigenvalue weighted by molar-refractivity contribution is 5.94. The van der Waals surface area contributed by atoms with Crippen LogP contribution in [0.15, 0.2) is 48.5 Å². The number of likely N-dealkylation sites (tertiary alicyclic amines) is 1. The fourth-order valence-electron chi connectivity index (χ4n) is 3.41. The Kier molecular flexibility index (Phi) is 6.76. The van der Waals surface area contributed by atoms with Gasteiger partial charge in [-0.1, -0.05) is 36.4 Å². The van der Waals surface area contributed by atoms with Gasteiger partial charge in [0.25, 0.3) is 5.91 Å². The van der Waals surface area contributed by atoms with Gasteiger partial charge in [0.1, 0.15) is 5.82 Å². The Bertz CT molecular complexity index is 832. The second kappa shape index (κ2) is 9.46. The molecule has 5 nitrogen and oxygen atoms in total. The summed E-state index contributed by atoms with van der Waals surface area (Å²) in [4.78, 5) is 26.5. The lowest BCUT2D eigenvalue weighted by Gasteiger charge is -2.31. The van der Waals surface area contributed by atoms with Crippen molar-refractivity contribution in [3.05, 3.63) is 71.0 Å². The van der Waals surface area contributed by atoms with Crippen LogP contribution in [0.2, 0.25) is 0 Å². The Morgan fingerprint density at radius 2 is 1.75 bits per heavy atom. The zero-order valence-corrected chi connectivity index (χ0v) is 16.1. The molecule has 0 spiro atoms. The smallest absolute Gasteiger partial charge is 0.254 e. The number of carbonyl (C=O) groups excluding carboxylic acids is 2. The van der Waals surface area contributed by atoms with E-state index in [4.69, 9.17) is 0 Å². The summed E-state index contributed by atoms with van der Waals surface area (Å²) >= 11 is 0. The number of halogens is 1. The van der Waals surface area contributed by atoms with Crippen LogP contribution in [0.4, 0.5) is 4.39 Å². The van der Waals surface area contributed by atoms with Gasteiger partial charge in [-0.05, 0) is 43.0 Å². The molecule has 0 radical (unpaired) electrons. The molecule has 1 saturated heterocycles. The lowest BCUT2D eigenvalue weighted by atomic mass is 10.0. The van der Waals surface area contributed by atoms with E-state index in [0.29, 0.717) is 13.1 Å². The van der Waals surface area contributed by atoms with Gasteiger partial charge in [0.05, 0.1) is 12.1 Å². The summed E-state index contributed by atoms with van der Waals surface area (Å²) in [6.07, 6.45) is 1.48. The van der Waals surface area contributed by atoms with E-state index in [1.165, 1.54) is 12.1 Å². The van der Waals surface area contributed by atoms with Crippen LogP contribution in [-0.2, 0) is 11.3 Å². The standard InChI is InChI=1S/C22H26FN3O2/c1-16-6-2-3-7-17(16)14-24-21(27)15-26-12-10-18(11-13-26)25-22(28)19-8-4-5-9-20(19)23/h2-9,18H,10-15H2,1H3,(H,24,27)(H,25,28). The first kappa shape index (κ1) is 20.0. The molecule has 0 aromatic heterocycles. The number of hydrogen-bond donors (Lipinski definition) is 2. The molecule has 0 saturated carbocycles. The number of piperidine rings is 1. The van der Waals surface area contributed by atoms with Gasteiger partial charge < -0.3 is 10.6 Å². The molecule has 1 fully saturated rings. The first-order chi connectivity index (χ1) is 13.5. The third-order valence-corrected chi connectivity index (χ3v) is 5.15. The van der Waals surface area contributed by atoms with Crippen molar-refractivity contribution in [2.45, 2.75) is 32.4 Å². The van der Waals surface area contributed by atoms with E-state index in [1.54, 1.807) is 12.1 Å².